The molecule has 2 fully saturated rings. The number of aromatic nitrogens is 2. The Labute approximate surface area is 126 Å². The van der Waals surface area contributed by atoms with E-state index in [1.54, 1.807) is 0 Å². The molecule has 0 radical (unpaired) electrons. The molecule has 1 aromatic heterocycles. The van der Waals surface area contributed by atoms with E-state index in [1.807, 2.05) is 0 Å². The zero-order valence-corrected chi connectivity index (χ0v) is 12.8. The lowest BCUT2D eigenvalue weighted by Gasteiger charge is -2.15. The van der Waals surface area contributed by atoms with E-state index >= 15 is 0 Å². The van der Waals surface area contributed by atoms with Gasteiger partial charge in [0.1, 0.15) is 5.82 Å². The summed E-state index contributed by atoms with van der Waals surface area (Å²) in [6, 6.07) is 8.76. The smallest absolute Gasteiger partial charge is 0.111 e. The summed E-state index contributed by atoms with van der Waals surface area (Å²) in [4.78, 5) is 4.86. The fraction of sp³-hybridized carbons (Fsp3) is 0.611. The molecule has 0 aliphatic heterocycles. The van der Waals surface area contributed by atoms with Crippen LogP contribution in [0.15, 0.2) is 24.3 Å². The summed E-state index contributed by atoms with van der Waals surface area (Å²) in [5.74, 6) is 3.83. The van der Waals surface area contributed by atoms with Crippen LogP contribution in [0, 0.1) is 17.8 Å². The molecule has 2 aliphatic carbocycles. The molecule has 3 heteroatoms. The molecule has 21 heavy (non-hydrogen) atoms. The van der Waals surface area contributed by atoms with Gasteiger partial charge in [-0.1, -0.05) is 25.5 Å². The molecule has 1 heterocycles. The van der Waals surface area contributed by atoms with Gasteiger partial charge in [0.15, 0.2) is 0 Å². The number of rotatable bonds is 5. The predicted octanol–water partition coefficient (Wildman–Crippen LogP) is 3.36. The fourth-order valence-corrected chi connectivity index (χ4v) is 4.61. The van der Waals surface area contributed by atoms with E-state index in [2.05, 4.69) is 35.8 Å². The number of aryl methyl sites for hydroxylation is 1. The number of nitrogens with zero attached hydrogens (tertiary/aromatic N) is 2. The average molecular weight is 283 g/mol. The molecule has 3 nitrogen and oxygen atoms in total. The average Bonchev–Trinajstić information content (AvgIpc) is 2.83. The van der Waals surface area contributed by atoms with Gasteiger partial charge in [0.2, 0.25) is 0 Å². The quantitative estimate of drug-likeness (QED) is 0.914. The molecular formula is C18H25N3. The summed E-state index contributed by atoms with van der Waals surface area (Å²) in [5.41, 5.74) is 8.91. The van der Waals surface area contributed by atoms with E-state index in [0.717, 1.165) is 42.7 Å². The van der Waals surface area contributed by atoms with E-state index in [0.29, 0.717) is 6.04 Å². The summed E-state index contributed by atoms with van der Waals surface area (Å²) >= 11 is 0. The fourth-order valence-electron chi connectivity index (χ4n) is 4.61. The second-order valence-corrected chi connectivity index (χ2v) is 6.87. The van der Waals surface area contributed by atoms with Crippen molar-refractivity contribution in [1.29, 1.82) is 0 Å². The van der Waals surface area contributed by atoms with Crippen molar-refractivity contribution in [3.05, 3.63) is 30.1 Å². The van der Waals surface area contributed by atoms with Crippen molar-refractivity contribution < 1.29 is 0 Å². The Kier molecular flexibility index (Phi) is 3.26. The Morgan fingerprint density at radius 1 is 1.29 bits per heavy atom. The number of imidazole rings is 1. The van der Waals surface area contributed by atoms with Crippen LogP contribution in [0.2, 0.25) is 0 Å². The number of benzene rings is 1. The molecule has 3 unspecified atom stereocenters. The minimum absolute atomic E-state index is 0.299. The summed E-state index contributed by atoms with van der Waals surface area (Å²) in [5, 5.41) is 0. The Hall–Kier alpha value is -1.35. The number of para-hydroxylation sites is 2. The first kappa shape index (κ1) is 13.3. The third-order valence-electron chi connectivity index (χ3n) is 5.57. The standard InChI is InChI=1S/C18H25N3/c1-2-10-21-16-9-4-3-8-15(16)20-17(21)11-14(19)18-12-6-5-7-13(12)18/h3-4,8-9,12-14,18H,2,5-7,10-11,19H2,1H3. The molecule has 0 spiro atoms. The Bertz CT molecular complexity index is 635. The molecule has 1 aromatic carbocycles. The number of hydrogen-bond donors (Lipinski definition) is 1. The van der Waals surface area contributed by atoms with Crippen LogP contribution in [0.25, 0.3) is 11.0 Å². The van der Waals surface area contributed by atoms with Gasteiger partial charge in [-0.3, -0.25) is 0 Å². The molecule has 0 saturated heterocycles. The largest absolute Gasteiger partial charge is 0.328 e. The lowest BCUT2D eigenvalue weighted by Crippen LogP contribution is -2.29. The lowest BCUT2D eigenvalue weighted by atomic mass is 10.0. The molecule has 2 aliphatic rings. The minimum atomic E-state index is 0.299. The minimum Gasteiger partial charge on any atom is -0.328 e. The van der Waals surface area contributed by atoms with Crippen LogP contribution in [-0.2, 0) is 13.0 Å². The van der Waals surface area contributed by atoms with Gasteiger partial charge >= 0.3 is 0 Å². The van der Waals surface area contributed by atoms with E-state index in [-0.39, 0.29) is 0 Å². The maximum Gasteiger partial charge on any atom is 0.111 e. The topological polar surface area (TPSA) is 43.8 Å². The number of fused-ring (bicyclic) bond motifs is 2. The van der Waals surface area contributed by atoms with Gasteiger partial charge < -0.3 is 10.3 Å². The first-order valence-corrected chi connectivity index (χ1v) is 8.49. The van der Waals surface area contributed by atoms with E-state index in [9.17, 15) is 0 Å². The summed E-state index contributed by atoms with van der Waals surface area (Å²) in [6.45, 7) is 3.27. The van der Waals surface area contributed by atoms with Crippen LogP contribution in [0.1, 0.15) is 38.4 Å². The predicted molar refractivity (Wildman–Crippen MR) is 86.0 cm³/mol. The van der Waals surface area contributed by atoms with Crippen LogP contribution in [-0.4, -0.2) is 15.6 Å². The van der Waals surface area contributed by atoms with Gasteiger partial charge in [-0.25, -0.2) is 4.98 Å². The summed E-state index contributed by atoms with van der Waals surface area (Å²) < 4.78 is 2.38. The van der Waals surface area contributed by atoms with Crippen molar-refractivity contribution in [3.63, 3.8) is 0 Å². The van der Waals surface area contributed by atoms with Crippen LogP contribution >= 0.6 is 0 Å². The van der Waals surface area contributed by atoms with Crippen LogP contribution in [0.5, 0.6) is 0 Å². The second-order valence-electron chi connectivity index (χ2n) is 6.87. The van der Waals surface area contributed by atoms with Crippen molar-refractivity contribution in [2.75, 3.05) is 0 Å². The summed E-state index contributed by atoms with van der Waals surface area (Å²) in [7, 11) is 0. The molecular weight excluding hydrogens is 258 g/mol. The molecule has 3 atom stereocenters. The van der Waals surface area contributed by atoms with Gasteiger partial charge in [-0.15, -0.1) is 0 Å². The highest BCUT2D eigenvalue weighted by Crippen LogP contribution is 2.58. The zero-order valence-electron chi connectivity index (χ0n) is 12.8. The van der Waals surface area contributed by atoms with Crippen molar-refractivity contribution in [1.82, 2.24) is 9.55 Å². The second kappa shape index (κ2) is 5.13. The zero-order chi connectivity index (χ0) is 14.4. The van der Waals surface area contributed by atoms with Crippen LogP contribution in [0.4, 0.5) is 0 Å². The lowest BCUT2D eigenvalue weighted by molar-refractivity contribution is 0.469. The van der Waals surface area contributed by atoms with Crippen molar-refractivity contribution in [2.45, 2.75) is 51.6 Å². The normalized spacial score (nSPS) is 28.8. The highest BCUT2D eigenvalue weighted by molar-refractivity contribution is 5.75. The molecule has 2 N–H and O–H groups in total. The Morgan fingerprint density at radius 3 is 2.81 bits per heavy atom. The molecule has 2 saturated carbocycles. The maximum atomic E-state index is 6.53. The third kappa shape index (κ3) is 2.18. The van der Waals surface area contributed by atoms with Crippen LogP contribution < -0.4 is 5.73 Å². The van der Waals surface area contributed by atoms with Gasteiger partial charge in [0, 0.05) is 19.0 Å². The van der Waals surface area contributed by atoms with Crippen LogP contribution in [0.3, 0.4) is 0 Å². The highest BCUT2D eigenvalue weighted by Gasteiger charge is 2.54. The molecule has 4 rings (SSSR count). The monoisotopic (exact) mass is 283 g/mol. The summed E-state index contributed by atoms with van der Waals surface area (Å²) in [6.07, 6.45) is 6.32. The first-order valence-electron chi connectivity index (χ1n) is 8.49. The van der Waals surface area contributed by atoms with Gasteiger partial charge in [0.05, 0.1) is 11.0 Å². The first-order chi connectivity index (χ1) is 10.3. The highest BCUT2D eigenvalue weighted by atomic mass is 15.1. The SMILES string of the molecule is CCCn1c(CC(N)C2C3CCCC32)nc2ccccc21. The van der Waals surface area contributed by atoms with E-state index in [4.69, 9.17) is 10.7 Å². The Balaban J connectivity index is 1.59. The van der Waals surface area contributed by atoms with E-state index < -0.39 is 0 Å². The third-order valence-corrected chi connectivity index (χ3v) is 5.57. The Morgan fingerprint density at radius 2 is 2.05 bits per heavy atom. The maximum absolute atomic E-state index is 6.53. The number of hydrogen-bond acceptors (Lipinski definition) is 2. The van der Waals surface area contributed by atoms with Gasteiger partial charge in [-0.05, 0) is 49.1 Å². The van der Waals surface area contributed by atoms with Crippen molar-refractivity contribution >= 4 is 11.0 Å². The van der Waals surface area contributed by atoms with Gasteiger partial charge in [-0.2, -0.15) is 0 Å². The number of nitrogens with two attached hydrogens (primary N) is 1. The molecule has 112 valence electrons. The van der Waals surface area contributed by atoms with E-state index in [1.165, 1.54) is 30.6 Å². The molecule has 0 bridgehead atoms. The van der Waals surface area contributed by atoms with Gasteiger partial charge in [0.25, 0.3) is 0 Å². The molecule has 0 amide bonds. The molecule has 2 aromatic rings. The van der Waals surface area contributed by atoms with Crippen molar-refractivity contribution in [2.24, 2.45) is 23.5 Å². The van der Waals surface area contributed by atoms with Crippen molar-refractivity contribution in [3.8, 4) is 0 Å².